The summed E-state index contributed by atoms with van der Waals surface area (Å²) in [6, 6.07) is 6.82. The third-order valence-electron chi connectivity index (χ3n) is 3.17. The lowest BCUT2D eigenvalue weighted by Gasteiger charge is -2.19. The van der Waals surface area contributed by atoms with E-state index < -0.39 is 5.97 Å². The minimum Gasteiger partial charge on any atom is -0.465 e. The number of benzene rings is 1. The SMILES string of the molecule is C=CCNc1nnc(SCC(=O)N(C)c2ccccc2C(=O)OC)s1. The molecular formula is C16H18N4O3S2. The highest BCUT2D eigenvalue weighted by Gasteiger charge is 2.19. The molecule has 25 heavy (non-hydrogen) atoms. The van der Waals surface area contributed by atoms with Crippen molar-refractivity contribution in [2.24, 2.45) is 0 Å². The average Bonchev–Trinajstić information content (AvgIpc) is 3.11. The van der Waals surface area contributed by atoms with Gasteiger partial charge in [-0.1, -0.05) is 41.3 Å². The highest BCUT2D eigenvalue weighted by Crippen LogP contribution is 2.27. The molecule has 0 aliphatic carbocycles. The van der Waals surface area contributed by atoms with E-state index in [4.69, 9.17) is 4.74 Å². The van der Waals surface area contributed by atoms with E-state index in [9.17, 15) is 9.59 Å². The molecule has 0 aliphatic heterocycles. The van der Waals surface area contributed by atoms with E-state index in [2.05, 4.69) is 22.1 Å². The van der Waals surface area contributed by atoms with E-state index in [1.165, 1.54) is 35.1 Å². The number of para-hydroxylation sites is 1. The van der Waals surface area contributed by atoms with Gasteiger partial charge in [0.15, 0.2) is 4.34 Å². The number of amides is 1. The lowest BCUT2D eigenvalue weighted by atomic mass is 10.1. The molecule has 9 heteroatoms. The molecule has 2 aromatic rings. The Balaban J connectivity index is 2.00. The first-order valence-electron chi connectivity index (χ1n) is 7.31. The molecule has 7 nitrogen and oxygen atoms in total. The van der Waals surface area contributed by atoms with Crippen LogP contribution in [0.15, 0.2) is 41.3 Å². The Kier molecular flexibility index (Phi) is 6.96. The van der Waals surface area contributed by atoms with Crippen LogP contribution in [0.4, 0.5) is 10.8 Å². The number of hydrogen-bond donors (Lipinski definition) is 1. The smallest absolute Gasteiger partial charge is 0.339 e. The molecule has 0 atom stereocenters. The van der Waals surface area contributed by atoms with E-state index in [-0.39, 0.29) is 11.7 Å². The van der Waals surface area contributed by atoms with Gasteiger partial charge in [-0.2, -0.15) is 0 Å². The van der Waals surface area contributed by atoms with Gasteiger partial charge >= 0.3 is 5.97 Å². The summed E-state index contributed by atoms with van der Waals surface area (Å²) in [5.41, 5.74) is 0.850. The standard InChI is InChI=1S/C16H18N4O3S2/c1-4-9-17-15-18-19-16(25-15)24-10-13(21)20(2)12-8-6-5-7-11(12)14(22)23-3/h4-8H,1,9-10H2,2-3H3,(H,17,18). The zero-order valence-electron chi connectivity index (χ0n) is 13.9. The Labute approximate surface area is 154 Å². The van der Waals surface area contributed by atoms with Crippen molar-refractivity contribution in [2.45, 2.75) is 4.34 Å². The quantitative estimate of drug-likeness (QED) is 0.429. The summed E-state index contributed by atoms with van der Waals surface area (Å²) in [5.74, 6) is -0.454. The first kappa shape index (κ1) is 18.9. The van der Waals surface area contributed by atoms with E-state index in [0.29, 0.717) is 27.3 Å². The second-order valence-corrected chi connectivity index (χ2v) is 6.99. The van der Waals surface area contributed by atoms with Crippen LogP contribution < -0.4 is 10.2 Å². The van der Waals surface area contributed by atoms with Crippen LogP contribution in [0.3, 0.4) is 0 Å². The molecule has 0 saturated heterocycles. The Morgan fingerprint density at radius 3 is 2.88 bits per heavy atom. The molecule has 1 amide bonds. The minimum atomic E-state index is -0.482. The maximum absolute atomic E-state index is 12.4. The number of nitrogens with zero attached hydrogens (tertiary/aromatic N) is 3. The van der Waals surface area contributed by atoms with Gasteiger partial charge in [0.25, 0.3) is 0 Å². The minimum absolute atomic E-state index is 0.155. The second-order valence-electron chi connectivity index (χ2n) is 4.79. The number of aromatic nitrogens is 2. The molecule has 0 fully saturated rings. The number of esters is 1. The summed E-state index contributed by atoms with van der Waals surface area (Å²) in [5, 5.41) is 11.7. The highest BCUT2D eigenvalue weighted by atomic mass is 32.2. The number of methoxy groups -OCH3 is 1. The number of carbonyl (C=O) groups excluding carboxylic acids is 2. The van der Waals surface area contributed by atoms with Crippen molar-refractivity contribution in [1.82, 2.24) is 10.2 Å². The fourth-order valence-electron chi connectivity index (χ4n) is 1.90. The summed E-state index contributed by atoms with van der Waals surface area (Å²) in [6.45, 7) is 4.22. The number of anilines is 2. The lowest BCUT2D eigenvalue weighted by molar-refractivity contribution is -0.115. The molecule has 0 bridgehead atoms. The van der Waals surface area contributed by atoms with Gasteiger partial charge < -0.3 is 15.0 Å². The molecule has 0 aliphatic rings. The predicted octanol–water partition coefficient (Wildman–Crippen LogP) is 2.68. The molecule has 0 spiro atoms. The van der Waals surface area contributed by atoms with Crippen molar-refractivity contribution in [3.05, 3.63) is 42.5 Å². The zero-order chi connectivity index (χ0) is 18.2. The topological polar surface area (TPSA) is 84.4 Å². The van der Waals surface area contributed by atoms with E-state index in [1.54, 1.807) is 37.4 Å². The Morgan fingerprint density at radius 1 is 1.40 bits per heavy atom. The van der Waals surface area contributed by atoms with Crippen LogP contribution in [0, 0.1) is 0 Å². The molecule has 2 rings (SSSR count). The van der Waals surface area contributed by atoms with E-state index >= 15 is 0 Å². The molecule has 1 aromatic carbocycles. The first-order valence-corrected chi connectivity index (χ1v) is 9.12. The summed E-state index contributed by atoms with van der Waals surface area (Å²) in [7, 11) is 2.94. The number of hydrogen-bond acceptors (Lipinski definition) is 8. The normalized spacial score (nSPS) is 10.2. The van der Waals surface area contributed by atoms with Crippen LogP contribution >= 0.6 is 23.1 Å². The van der Waals surface area contributed by atoms with Crippen molar-refractivity contribution in [3.8, 4) is 0 Å². The van der Waals surface area contributed by atoms with Crippen LogP contribution in [-0.4, -0.2) is 48.5 Å². The maximum Gasteiger partial charge on any atom is 0.339 e. The van der Waals surface area contributed by atoms with Crippen molar-refractivity contribution in [3.63, 3.8) is 0 Å². The van der Waals surface area contributed by atoms with Gasteiger partial charge in [-0.05, 0) is 12.1 Å². The molecule has 132 valence electrons. The number of ether oxygens (including phenoxy) is 1. The fourth-order valence-corrected chi connectivity index (χ4v) is 3.57. The molecule has 1 N–H and O–H groups in total. The molecule has 0 saturated carbocycles. The van der Waals surface area contributed by atoms with Gasteiger partial charge in [0.2, 0.25) is 11.0 Å². The van der Waals surface area contributed by atoms with E-state index in [0.717, 1.165) is 0 Å². The number of nitrogens with one attached hydrogen (secondary N) is 1. The average molecular weight is 378 g/mol. The Bertz CT molecular complexity index is 763. The third-order valence-corrected chi connectivity index (χ3v) is 5.17. The zero-order valence-corrected chi connectivity index (χ0v) is 15.5. The fraction of sp³-hybridized carbons (Fsp3) is 0.250. The molecule has 0 unspecified atom stereocenters. The first-order chi connectivity index (χ1) is 12.1. The number of carbonyl (C=O) groups is 2. The van der Waals surface area contributed by atoms with Gasteiger partial charge in [-0.3, -0.25) is 4.79 Å². The van der Waals surface area contributed by atoms with Crippen molar-refractivity contribution < 1.29 is 14.3 Å². The van der Waals surface area contributed by atoms with Crippen LogP contribution in [-0.2, 0) is 9.53 Å². The second kappa shape index (κ2) is 9.19. The highest BCUT2D eigenvalue weighted by molar-refractivity contribution is 8.01. The molecule has 1 heterocycles. The van der Waals surface area contributed by atoms with Gasteiger partial charge in [-0.15, -0.1) is 16.8 Å². The van der Waals surface area contributed by atoms with Crippen LogP contribution in [0.5, 0.6) is 0 Å². The predicted molar refractivity (Wildman–Crippen MR) is 101 cm³/mol. The van der Waals surface area contributed by atoms with Gasteiger partial charge in [0, 0.05) is 13.6 Å². The summed E-state index contributed by atoms with van der Waals surface area (Å²) >= 11 is 2.67. The van der Waals surface area contributed by atoms with E-state index in [1.807, 2.05) is 0 Å². The van der Waals surface area contributed by atoms with Crippen LogP contribution in [0.25, 0.3) is 0 Å². The number of rotatable bonds is 8. The monoisotopic (exact) mass is 378 g/mol. The summed E-state index contributed by atoms with van der Waals surface area (Å²) in [4.78, 5) is 25.7. The Morgan fingerprint density at radius 2 is 2.16 bits per heavy atom. The summed E-state index contributed by atoms with van der Waals surface area (Å²) in [6.07, 6.45) is 1.73. The van der Waals surface area contributed by atoms with Crippen LogP contribution in [0.2, 0.25) is 0 Å². The third kappa shape index (κ3) is 5.04. The largest absolute Gasteiger partial charge is 0.465 e. The maximum atomic E-state index is 12.4. The molecule has 1 aromatic heterocycles. The van der Waals surface area contributed by atoms with Crippen molar-refractivity contribution in [2.75, 3.05) is 36.7 Å². The van der Waals surface area contributed by atoms with Gasteiger partial charge in [-0.25, -0.2) is 4.79 Å². The Hall–Kier alpha value is -2.39. The lowest BCUT2D eigenvalue weighted by Crippen LogP contribution is -2.29. The molecule has 0 radical (unpaired) electrons. The number of thioether (sulfide) groups is 1. The van der Waals surface area contributed by atoms with Crippen molar-refractivity contribution in [1.29, 1.82) is 0 Å². The van der Waals surface area contributed by atoms with Crippen LogP contribution in [0.1, 0.15) is 10.4 Å². The summed E-state index contributed by atoms with van der Waals surface area (Å²) < 4.78 is 5.45. The molecular weight excluding hydrogens is 360 g/mol. The van der Waals surface area contributed by atoms with Gasteiger partial charge in [0.05, 0.1) is 24.1 Å². The van der Waals surface area contributed by atoms with Gasteiger partial charge in [0.1, 0.15) is 0 Å². The van der Waals surface area contributed by atoms with Crippen molar-refractivity contribution >= 4 is 45.8 Å².